The van der Waals surface area contributed by atoms with Crippen molar-refractivity contribution in [2.75, 3.05) is 5.32 Å². The normalized spacial score (nSPS) is 10.4. The third-order valence-corrected chi connectivity index (χ3v) is 3.00. The van der Waals surface area contributed by atoms with Gasteiger partial charge in [0, 0.05) is 18.1 Å². The molecule has 0 atom stereocenters. The number of aromatic amines is 1. The van der Waals surface area contributed by atoms with Crippen molar-refractivity contribution in [3.8, 4) is 11.4 Å². The molecule has 0 aliphatic rings. The molecular weight excluding hydrogens is 250 g/mol. The van der Waals surface area contributed by atoms with Crippen molar-refractivity contribution in [1.82, 2.24) is 19.9 Å². The van der Waals surface area contributed by atoms with Gasteiger partial charge in [0.2, 0.25) is 0 Å². The standard InChI is InChI=1S/C15H15N5/c1-11-15(17-8-7-16-11)13-9-19-14(20-13)10-18-12-5-3-2-4-6-12/h2-9,18H,10H2,1H3,(H,19,20). The fraction of sp³-hybridized carbons (Fsp3) is 0.133. The second-order valence-corrected chi connectivity index (χ2v) is 4.45. The lowest BCUT2D eigenvalue weighted by atomic mass is 10.2. The fourth-order valence-electron chi connectivity index (χ4n) is 1.99. The highest BCUT2D eigenvalue weighted by Crippen LogP contribution is 2.17. The Morgan fingerprint density at radius 1 is 1.05 bits per heavy atom. The van der Waals surface area contributed by atoms with Crippen LogP contribution in [-0.2, 0) is 6.54 Å². The summed E-state index contributed by atoms with van der Waals surface area (Å²) in [5.74, 6) is 0.869. The molecule has 0 aliphatic carbocycles. The van der Waals surface area contributed by atoms with Gasteiger partial charge in [-0.05, 0) is 19.1 Å². The average Bonchev–Trinajstić information content (AvgIpc) is 2.95. The van der Waals surface area contributed by atoms with Crippen LogP contribution in [0.1, 0.15) is 11.5 Å². The van der Waals surface area contributed by atoms with Crippen molar-refractivity contribution in [1.29, 1.82) is 0 Å². The Labute approximate surface area is 117 Å². The predicted molar refractivity (Wildman–Crippen MR) is 78.1 cm³/mol. The number of benzene rings is 1. The third kappa shape index (κ3) is 2.66. The van der Waals surface area contributed by atoms with Crippen LogP contribution in [-0.4, -0.2) is 19.9 Å². The third-order valence-electron chi connectivity index (χ3n) is 3.00. The summed E-state index contributed by atoms with van der Waals surface area (Å²) >= 11 is 0. The van der Waals surface area contributed by atoms with Crippen LogP contribution in [0.15, 0.2) is 48.9 Å². The van der Waals surface area contributed by atoms with Crippen molar-refractivity contribution in [3.05, 3.63) is 60.4 Å². The largest absolute Gasteiger partial charge is 0.378 e. The summed E-state index contributed by atoms with van der Waals surface area (Å²) in [4.78, 5) is 16.2. The lowest BCUT2D eigenvalue weighted by Crippen LogP contribution is -2.01. The van der Waals surface area contributed by atoms with Gasteiger partial charge in [0.05, 0.1) is 24.1 Å². The Bertz CT molecular complexity index is 690. The van der Waals surface area contributed by atoms with Crippen LogP contribution in [0.5, 0.6) is 0 Å². The zero-order valence-electron chi connectivity index (χ0n) is 11.2. The molecule has 0 spiro atoms. The molecule has 5 nitrogen and oxygen atoms in total. The van der Waals surface area contributed by atoms with Gasteiger partial charge in [-0.25, -0.2) is 4.98 Å². The van der Waals surface area contributed by atoms with Crippen molar-refractivity contribution >= 4 is 5.69 Å². The van der Waals surface area contributed by atoms with Crippen molar-refractivity contribution in [2.24, 2.45) is 0 Å². The van der Waals surface area contributed by atoms with Crippen molar-refractivity contribution < 1.29 is 0 Å². The molecular formula is C15H15N5. The highest BCUT2D eigenvalue weighted by Gasteiger charge is 2.07. The average molecular weight is 265 g/mol. The molecule has 0 radical (unpaired) electrons. The quantitative estimate of drug-likeness (QED) is 0.761. The van der Waals surface area contributed by atoms with Gasteiger partial charge in [-0.1, -0.05) is 18.2 Å². The Morgan fingerprint density at radius 2 is 1.85 bits per heavy atom. The second-order valence-electron chi connectivity index (χ2n) is 4.45. The Kier molecular flexibility index (Phi) is 3.41. The molecule has 0 unspecified atom stereocenters. The fourth-order valence-corrected chi connectivity index (χ4v) is 1.99. The lowest BCUT2D eigenvalue weighted by molar-refractivity contribution is 0.998. The number of anilines is 1. The summed E-state index contributed by atoms with van der Waals surface area (Å²) in [7, 11) is 0. The maximum absolute atomic E-state index is 4.36. The zero-order valence-corrected chi connectivity index (χ0v) is 11.2. The molecule has 1 aromatic carbocycles. The number of imidazole rings is 1. The summed E-state index contributed by atoms with van der Waals surface area (Å²) in [5.41, 5.74) is 3.69. The van der Waals surface area contributed by atoms with Crippen LogP contribution < -0.4 is 5.32 Å². The topological polar surface area (TPSA) is 66.5 Å². The van der Waals surface area contributed by atoms with E-state index in [-0.39, 0.29) is 0 Å². The monoisotopic (exact) mass is 265 g/mol. The molecule has 2 N–H and O–H groups in total. The molecule has 0 amide bonds. The molecule has 0 fully saturated rings. The van der Waals surface area contributed by atoms with Crippen molar-refractivity contribution in [3.63, 3.8) is 0 Å². The van der Waals surface area contributed by atoms with Crippen LogP contribution in [0.25, 0.3) is 11.4 Å². The highest BCUT2D eigenvalue weighted by molar-refractivity contribution is 5.55. The van der Waals surface area contributed by atoms with E-state index in [4.69, 9.17) is 0 Å². The molecule has 0 aliphatic heterocycles. The molecule has 0 bridgehead atoms. The Balaban J connectivity index is 1.73. The molecule has 2 aromatic heterocycles. The van der Waals surface area contributed by atoms with Crippen LogP contribution in [0, 0.1) is 6.92 Å². The smallest absolute Gasteiger partial charge is 0.125 e. The number of aromatic nitrogens is 4. The first-order valence-electron chi connectivity index (χ1n) is 6.44. The van der Waals surface area contributed by atoms with Gasteiger partial charge in [-0.2, -0.15) is 0 Å². The van der Waals surface area contributed by atoms with E-state index in [1.165, 1.54) is 0 Å². The van der Waals surface area contributed by atoms with E-state index in [9.17, 15) is 0 Å². The van der Waals surface area contributed by atoms with E-state index in [1.54, 1.807) is 18.6 Å². The van der Waals surface area contributed by atoms with Gasteiger partial charge in [-0.15, -0.1) is 0 Å². The van der Waals surface area contributed by atoms with Gasteiger partial charge in [0.25, 0.3) is 0 Å². The Morgan fingerprint density at radius 3 is 2.65 bits per heavy atom. The first-order valence-corrected chi connectivity index (χ1v) is 6.44. The maximum atomic E-state index is 4.36. The predicted octanol–water partition coefficient (Wildman–Crippen LogP) is 2.79. The molecule has 20 heavy (non-hydrogen) atoms. The van der Waals surface area contributed by atoms with E-state index in [1.807, 2.05) is 37.3 Å². The SMILES string of the molecule is Cc1nccnc1-c1cnc(CNc2ccccc2)[nH]1. The van der Waals surface area contributed by atoms with Crippen molar-refractivity contribution in [2.45, 2.75) is 13.5 Å². The molecule has 0 saturated heterocycles. The first-order chi connectivity index (χ1) is 9.83. The van der Waals surface area contributed by atoms with Gasteiger partial charge in [0.1, 0.15) is 11.5 Å². The van der Waals surface area contributed by atoms with Crippen LogP contribution in [0.3, 0.4) is 0 Å². The van der Waals surface area contributed by atoms with Gasteiger partial charge >= 0.3 is 0 Å². The van der Waals surface area contributed by atoms with Gasteiger partial charge < -0.3 is 10.3 Å². The molecule has 100 valence electrons. The van der Waals surface area contributed by atoms with E-state index in [0.29, 0.717) is 6.54 Å². The summed E-state index contributed by atoms with van der Waals surface area (Å²) in [5, 5.41) is 3.31. The van der Waals surface area contributed by atoms with Crippen LogP contribution >= 0.6 is 0 Å². The molecule has 2 heterocycles. The number of nitrogens with zero attached hydrogens (tertiary/aromatic N) is 3. The number of H-pyrrole nitrogens is 1. The minimum atomic E-state index is 0.642. The molecule has 3 rings (SSSR count). The minimum absolute atomic E-state index is 0.642. The summed E-state index contributed by atoms with van der Waals surface area (Å²) in [6.07, 6.45) is 5.16. The van der Waals surface area contributed by atoms with Gasteiger partial charge in [-0.3, -0.25) is 9.97 Å². The number of rotatable bonds is 4. The van der Waals surface area contributed by atoms with Crippen LogP contribution in [0.2, 0.25) is 0 Å². The van der Waals surface area contributed by atoms with E-state index < -0.39 is 0 Å². The van der Waals surface area contributed by atoms with E-state index in [2.05, 4.69) is 25.3 Å². The highest BCUT2D eigenvalue weighted by atomic mass is 15.0. The maximum Gasteiger partial charge on any atom is 0.125 e. The summed E-state index contributed by atoms with van der Waals surface area (Å²) in [6.45, 7) is 2.58. The number of hydrogen-bond acceptors (Lipinski definition) is 4. The first kappa shape index (κ1) is 12.3. The second kappa shape index (κ2) is 5.52. The number of nitrogens with one attached hydrogen (secondary N) is 2. The zero-order chi connectivity index (χ0) is 13.8. The lowest BCUT2D eigenvalue weighted by Gasteiger charge is -2.03. The number of aryl methyl sites for hydroxylation is 1. The van der Waals surface area contributed by atoms with E-state index in [0.717, 1.165) is 28.6 Å². The summed E-state index contributed by atoms with van der Waals surface area (Å²) in [6, 6.07) is 10.0. The molecule has 3 aromatic rings. The number of hydrogen-bond donors (Lipinski definition) is 2. The van der Waals surface area contributed by atoms with Gasteiger partial charge in [0.15, 0.2) is 0 Å². The summed E-state index contributed by atoms with van der Waals surface area (Å²) < 4.78 is 0. The number of para-hydroxylation sites is 1. The minimum Gasteiger partial charge on any atom is -0.378 e. The van der Waals surface area contributed by atoms with E-state index >= 15 is 0 Å². The molecule has 0 saturated carbocycles. The molecule has 5 heteroatoms. The van der Waals surface area contributed by atoms with Crippen LogP contribution in [0.4, 0.5) is 5.69 Å². The Hall–Kier alpha value is -2.69.